The molecule has 0 aliphatic heterocycles. The number of carboxylic acid groups (broad SMARTS) is 1. The predicted molar refractivity (Wildman–Crippen MR) is 109 cm³/mol. The Labute approximate surface area is 170 Å². The van der Waals surface area contributed by atoms with E-state index in [-0.39, 0.29) is 20.5 Å². The summed E-state index contributed by atoms with van der Waals surface area (Å²) in [5, 5.41) is 9.81. The van der Waals surface area contributed by atoms with E-state index >= 15 is 0 Å². The predicted octanol–water partition coefficient (Wildman–Crippen LogP) is 5.25. The number of sulfonamides is 1. The van der Waals surface area contributed by atoms with Crippen LogP contribution in [-0.4, -0.2) is 26.5 Å². The van der Waals surface area contributed by atoms with Gasteiger partial charge in [-0.25, -0.2) is 13.2 Å². The van der Waals surface area contributed by atoms with Crippen molar-refractivity contribution in [2.75, 3.05) is 11.4 Å². The number of benzene rings is 2. The largest absolute Gasteiger partial charge is 0.477 e. The molecule has 0 aliphatic carbocycles. The zero-order chi connectivity index (χ0) is 19.8. The zero-order valence-corrected chi connectivity index (χ0v) is 17.0. The lowest BCUT2D eigenvalue weighted by Crippen LogP contribution is -2.27. The molecule has 0 radical (unpaired) electrons. The monoisotopic (exact) mass is 441 g/mol. The SMILES string of the molecule is CN(c1cc(-c2ccccc2)sc1C(=O)O)S(=O)(=O)c1ccc(Cl)cc1Cl. The first-order valence-electron chi connectivity index (χ1n) is 7.58. The summed E-state index contributed by atoms with van der Waals surface area (Å²) in [6.45, 7) is 0. The number of hydrogen-bond acceptors (Lipinski definition) is 4. The quantitative estimate of drug-likeness (QED) is 0.586. The van der Waals surface area contributed by atoms with Gasteiger partial charge in [0.1, 0.15) is 9.77 Å². The highest BCUT2D eigenvalue weighted by Gasteiger charge is 2.29. The van der Waals surface area contributed by atoms with Crippen molar-refractivity contribution in [1.29, 1.82) is 0 Å². The third kappa shape index (κ3) is 3.82. The summed E-state index contributed by atoms with van der Waals surface area (Å²) in [5.41, 5.74) is 0.865. The molecule has 3 rings (SSSR count). The standard InChI is InChI=1S/C18H13Cl2NO4S2/c1-21(27(24,25)16-8-7-12(19)9-13(16)20)14-10-15(26-17(14)18(22)23)11-5-3-2-4-6-11/h2-10H,1H3,(H,22,23). The maximum atomic E-state index is 13.0. The Kier molecular flexibility index (Phi) is 5.48. The summed E-state index contributed by atoms with van der Waals surface area (Å²) in [5.74, 6) is -1.21. The van der Waals surface area contributed by atoms with Crippen molar-refractivity contribution in [3.05, 3.63) is 69.5 Å². The van der Waals surface area contributed by atoms with Gasteiger partial charge in [0.15, 0.2) is 0 Å². The summed E-state index contributed by atoms with van der Waals surface area (Å²) in [6.07, 6.45) is 0. The highest BCUT2D eigenvalue weighted by Crippen LogP contribution is 2.39. The van der Waals surface area contributed by atoms with E-state index in [1.165, 1.54) is 25.2 Å². The lowest BCUT2D eigenvalue weighted by Gasteiger charge is -2.19. The molecule has 140 valence electrons. The Balaban J connectivity index is 2.12. The first-order valence-corrected chi connectivity index (χ1v) is 10.6. The number of thiophene rings is 1. The zero-order valence-electron chi connectivity index (χ0n) is 13.9. The Hall–Kier alpha value is -2.06. The second kappa shape index (κ2) is 7.52. The second-order valence-corrected chi connectivity index (χ2v) is 9.38. The van der Waals surface area contributed by atoms with Gasteiger partial charge in [0, 0.05) is 16.9 Å². The van der Waals surface area contributed by atoms with Gasteiger partial charge < -0.3 is 5.11 Å². The summed E-state index contributed by atoms with van der Waals surface area (Å²) in [7, 11) is -2.78. The van der Waals surface area contributed by atoms with E-state index in [1.54, 1.807) is 6.07 Å². The van der Waals surface area contributed by atoms with Crippen LogP contribution in [-0.2, 0) is 10.0 Å². The summed E-state index contributed by atoms with van der Waals surface area (Å²) < 4.78 is 26.9. The molecular weight excluding hydrogens is 429 g/mol. The lowest BCUT2D eigenvalue weighted by molar-refractivity contribution is 0.0703. The first kappa shape index (κ1) is 19.7. The molecule has 27 heavy (non-hydrogen) atoms. The molecule has 9 heteroatoms. The van der Waals surface area contributed by atoms with Crippen LogP contribution in [0.3, 0.4) is 0 Å². The summed E-state index contributed by atoms with van der Waals surface area (Å²) in [6, 6.07) is 14.7. The van der Waals surface area contributed by atoms with E-state index in [2.05, 4.69) is 0 Å². The molecule has 0 unspecified atom stereocenters. The number of rotatable bonds is 5. The maximum Gasteiger partial charge on any atom is 0.348 e. The van der Waals surface area contributed by atoms with Crippen LogP contribution in [0.5, 0.6) is 0 Å². The Morgan fingerprint density at radius 3 is 2.33 bits per heavy atom. The van der Waals surface area contributed by atoms with E-state index in [0.29, 0.717) is 9.90 Å². The lowest BCUT2D eigenvalue weighted by atomic mass is 10.2. The Bertz CT molecular complexity index is 1110. The van der Waals surface area contributed by atoms with Crippen LogP contribution in [0.25, 0.3) is 10.4 Å². The van der Waals surface area contributed by atoms with Crippen molar-refractivity contribution in [3.8, 4) is 10.4 Å². The summed E-state index contributed by atoms with van der Waals surface area (Å²) in [4.78, 5) is 12.1. The van der Waals surface area contributed by atoms with Crippen molar-refractivity contribution in [2.45, 2.75) is 4.90 Å². The molecule has 1 heterocycles. The highest BCUT2D eigenvalue weighted by atomic mass is 35.5. The minimum Gasteiger partial charge on any atom is -0.477 e. The third-order valence-electron chi connectivity index (χ3n) is 3.84. The molecule has 5 nitrogen and oxygen atoms in total. The molecule has 1 N–H and O–H groups in total. The fourth-order valence-electron chi connectivity index (χ4n) is 2.47. The highest BCUT2D eigenvalue weighted by molar-refractivity contribution is 7.93. The smallest absolute Gasteiger partial charge is 0.348 e. The molecule has 2 aromatic carbocycles. The molecule has 0 fully saturated rings. The van der Waals surface area contributed by atoms with Gasteiger partial charge >= 0.3 is 5.97 Å². The van der Waals surface area contributed by atoms with E-state index in [1.807, 2.05) is 30.3 Å². The van der Waals surface area contributed by atoms with E-state index in [0.717, 1.165) is 21.2 Å². The van der Waals surface area contributed by atoms with Crippen LogP contribution < -0.4 is 4.31 Å². The number of carbonyl (C=O) groups is 1. The van der Waals surface area contributed by atoms with E-state index < -0.39 is 16.0 Å². The Morgan fingerprint density at radius 2 is 1.74 bits per heavy atom. The van der Waals surface area contributed by atoms with Crippen molar-refractivity contribution in [2.24, 2.45) is 0 Å². The van der Waals surface area contributed by atoms with Crippen molar-refractivity contribution < 1.29 is 18.3 Å². The molecule has 3 aromatic rings. The molecule has 1 aromatic heterocycles. The van der Waals surface area contributed by atoms with Crippen LogP contribution in [0.2, 0.25) is 10.0 Å². The molecular formula is C18H13Cl2NO4S2. The average molecular weight is 442 g/mol. The minimum absolute atomic E-state index is 0.0373. The minimum atomic E-state index is -4.08. The fourth-order valence-corrected chi connectivity index (χ4v) is 5.51. The van der Waals surface area contributed by atoms with Crippen molar-refractivity contribution >= 4 is 56.2 Å². The topological polar surface area (TPSA) is 74.7 Å². The van der Waals surface area contributed by atoms with Crippen LogP contribution >= 0.6 is 34.5 Å². The van der Waals surface area contributed by atoms with Gasteiger partial charge in [0.25, 0.3) is 10.0 Å². The molecule has 0 bridgehead atoms. The van der Waals surface area contributed by atoms with E-state index in [4.69, 9.17) is 23.2 Å². The van der Waals surface area contributed by atoms with Crippen LogP contribution in [0.4, 0.5) is 5.69 Å². The number of halogens is 2. The molecule has 0 spiro atoms. The maximum absolute atomic E-state index is 13.0. The normalized spacial score (nSPS) is 11.4. The van der Waals surface area contributed by atoms with Gasteiger partial charge in [-0.2, -0.15) is 0 Å². The number of hydrogen-bond donors (Lipinski definition) is 1. The van der Waals surface area contributed by atoms with Gasteiger partial charge in [0.2, 0.25) is 0 Å². The van der Waals surface area contributed by atoms with Gasteiger partial charge in [-0.3, -0.25) is 4.31 Å². The Morgan fingerprint density at radius 1 is 1.07 bits per heavy atom. The number of nitrogens with zero attached hydrogens (tertiary/aromatic N) is 1. The van der Waals surface area contributed by atoms with Crippen LogP contribution in [0, 0.1) is 0 Å². The number of aromatic carboxylic acids is 1. The second-order valence-electron chi connectivity index (χ2n) is 5.54. The molecule has 0 atom stereocenters. The third-order valence-corrected chi connectivity index (χ3v) is 7.49. The van der Waals surface area contributed by atoms with Gasteiger partial charge in [-0.1, -0.05) is 53.5 Å². The van der Waals surface area contributed by atoms with Crippen LogP contribution in [0.1, 0.15) is 9.67 Å². The summed E-state index contributed by atoms with van der Waals surface area (Å²) >= 11 is 12.9. The molecule has 0 saturated heterocycles. The van der Waals surface area contributed by atoms with Gasteiger partial charge in [-0.05, 0) is 29.8 Å². The van der Waals surface area contributed by atoms with Crippen LogP contribution in [0.15, 0.2) is 59.5 Å². The number of anilines is 1. The first-order chi connectivity index (χ1) is 12.7. The average Bonchev–Trinajstić information content (AvgIpc) is 3.07. The molecule has 0 amide bonds. The van der Waals surface area contributed by atoms with Crippen molar-refractivity contribution in [1.82, 2.24) is 0 Å². The fraction of sp³-hybridized carbons (Fsp3) is 0.0556. The van der Waals surface area contributed by atoms with Gasteiger partial charge in [0.05, 0.1) is 10.7 Å². The van der Waals surface area contributed by atoms with Crippen molar-refractivity contribution in [3.63, 3.8) is 0 Å². The molecule has 0 aliphatic rings. The molecule has 0 saturated carbocycles. The van der Waals surface area contributed by atoms with Gasteiger partial charge in [-0.15, -0.1) is 11.3 Å². The van der Waals surface area contributed by atoms with E-state index in [9.17, 15) is 18.3 Å². The number of carboxylic acids is 1.